The number of aliphatic carboxylic acids is 1. The third-order valence-electron chi connectivity index (χ3n) is 3.49. The zero-order chi connectivity index (χ0) is 14.4. The van der Waals surface area contributed by atoms with Gasteiger partial charge in [0.2, 0.25) is 0 Å². The molecule has 0 aromatic heterocycles. The maximum absolute atomic E-state index is 11.9. The molecule has 0 fully saturated rings. The quantitative estimate of drug-likeness (QED) is 0.841. The van der Waals surface area contributed by atoms with Crippen LogP contribution in [0.5, 0.6) is 0 Å². The molecular weight excluding hydrogens is 248 g/mol. The van der Waals surface area contributed by atoms with E-state index in [1.54, 1.807) is 0 Å². The van der Waals surface area contributed by atoms with Gasteiger partial charge in [-0.15, -0.1) is 12.3 Å². The standard InChI is InChI=1S/C18H16O2/c1-2-13-18(17(19)20,16-11-7-4-8-12-16)14-15-9-5-3-6-10-15/h1,3-12H,13-14H2,(H,19,20)/t18-/m0/s1. The molecule has 2 heteroatoms. The molecule has 100 valence electrons. The van der Waals surface area contributed by atoms with Crippen molar-refractivity contribution in [3.8, 4) is 12.3 Å². The minimum absolute atomic E-state index is 0.168. The first-order chi connectivity index (χ1) is 9.69. The molecule has 0 unspecified atom stereocenters. The molecule has 1 N–H and O–H groups in total. The third-order valence-corrected chi connectivity index (χ3v) is 3.49. The van der Waals surface area contributed by atoms with E-state index in [-0.39, 0.29) is 6.42 Å². The van der Waals surface area contributed by atoms with Crippen LogP contribution in [0.4, 0.5) is 0 Å². The number of hydrogen-bond donors (Lipinski definition) is 1. The molecule has 0 radical (unpaired) electrons. The average Bonchev–Trinajstić information content (AvgIpc) is 2.48. The van der Waals surface area contributed by atoms with E-state index in [4.69, 9.17) is 6.42 Å². The smallest absolute Gasteiger partial charge is 0.315 e. The van der Waals surface area contributed by atoms with Gasteiger partial charge in [0.15, 0.2) is 0 Å². The number of terminal acetylenes is 1. The van der Waals surface area contributed by atoms with Gasteiger partial charge in [0.25, 0.3) is 0 Å². The highest BCUT2D eigenvalue weighted by molar-refractivity contribution is 5.82. The van der Waals surface area contributed by atoms with E-state index in [9.17, 15) is 9.90 Å². The summed E-state index contributed by atoms with van der Waals surface area (Å²) in [6, 6.07) is 18.8. The summed E-state index contributed by atoms with van der Waals surface area (Å²) in [5.41, 5.74) is 0.639. The van der Waals surface area contributed by atoms with Crippen molar-refractivity contribution >= 4 is 5.97 Å². The highest BCUT2D eigenvalue weighted by atomic mass is 16.4. The Bertz CT molecular complexity index is 611. The van der Waals surface area contributed by atoms with Crippen LogP contribution in [0.25, 0.3) is 0 Å². The van der Waals surface area contributed by atoms with E-state index >= 15 is 0 Å². The van der Waals surface area contributed by atoms with Crippen LogP contribution < -0.4 is 0 Å². The summed E-state index contributed by atoms with van der Waals surface area (Å²) >= 11 is 0. The van der Waals surface area contributed by atoms with Gasteiger partial charge in [-0.1, -0.05) is 60.7 Å². The van der Waals surface area contributed by atoms with E-state index in [0.29, 0.717) is 6.42 Å². The summed E-state index contributed by atoms with van der Waals surface area (Å²) in [7, 11) is 0. The van der Waals surface area contributed by atoms with Gasteiger partial charge in [-0.25, -0.2) is 0 Å². The number of benzene rings is 2. The number of carboxylic acid groups (broad SMARTS) is 1. The van der Waals surface area contributed by atoms with Gasteiger partial charge in [-0.2, -0.15) is 0 Å². The van der Waals surface area contributed by atoms with Gasteiger partial charge in [0.05, 0.1) is 0 Å². The number of rotatable bonds is 5. The van der Waals surface area contributed by atoms with Crippen LogP contribution in [0.3, 0.4) is 0 Å². The molecule has 0 aliphatic rings. The van der Waals surface area contributed by atoms with E-state index in [2.05, 4.69) is 5.92 Å². The summed E-state index contributed by atoms with van der Waals surface area (Å²) in [5, 5.41) is 9.77. The molecule has 0 saturated carbocycles. The van der Waals surface area contributed by atoms with Crippen molar-refractivity contribution in [2.75, 3.05) is 0 Å². The van der Waals surface area contributed by atoms with E-state index in [1.165, 1.54) is 0 Å². The van der Waals surface area contributed by atoms with Gasteiger partial charge in [0.1, 0.15) is 5.41 Å². The molecule has 2 nitrogen and oxygen atoms in total. The van der Waals surface area contributed by atoms with Gasteiger partial charge >= 0.3 is 5.97 Å². The van der Waals surface area contributed by atoms with Gasteiger partial charge < -0.3 is 5.11 Å². The average molecular weight is 264 g/mol. The Balaban J connectivity index is 2.49. The van der Waals surface area contributed by atoms with Crippen molar-refractivity contribution in [2.24, 2.45) is 0 Å². The summed E-state index contributed by atoms with van der Waals surface area (Å²) < 4.78 is 0. The molecule has 2 aromatic rings. The Morgan fingerprint density at radius 2 is 1.60 bits per heavy atom. The Hall–Kier alpha value is -2.53. The lowest BCUT2D eigenvalue weighted by molar-refractivity contribution is -0.143. The Morgan fingerprint density at radius 1 is 1.05 bits per heavy atom. The van der Waals surface area contributed by atoms with E-state index in [0.717, 1.165) is 11.1 Å². The zero-order valence-corrected chi connectivity index (χ0v) is 11.1. The third kappa shape index (κ3) is 2.73. The zero-order valence-electron chi connectivity index (χ0n) is 11.1. The normalized spacial score (nSPS) is 13.2. The summed E-state index contributed by atoms with van der Waals surface area (Å²) in [6.45, 7) is 0. The first-order valence-corrected chi connectivity index (χ1v) is 6.45. The molecule has 0 amide bonds. The molecule has 0 heterocycles. The fraction of sp³-hybridized carbons (Fsp3) is 0.167. The second-order valence-corrected chi connectivity index (χ2v) is 4.80. The first-order valence-electron chi connectivity index (χ1n) is 6.45. The van der Waals surface area contributed by atoms with Crippen molar-refractivity contribution in [1.82, 2.24) is 0 Å². The van der Waals surface area contributed by atoms with Crippen LogP contribution in [0.2, 0.25) is 0 Å². The lowest BCUT2D eigenvalue weighted by atomic mass is 9.73. The molecule has 0 aliphatic carbocycles. The van der Waals surface area contributed by atoms with Crippen molar-refractivity contribution in [3.05, 3.63) is 71.8 Å². The van der Waals surface area contributed by atoms with Crippen molar-refractivity contribution in [2.45, 2.75) is 18.3 Å². The van der Waals surface area contributed by atoms with E-state index in [1.807, 2.05) is 60.7 Å². The molecule has 0 saturated heterocycles. The van der Waals surface area contributed by atoms with Gasteiger partial charge in [0, 0.05) is 6.42 Å². The maximum atomic E-state index is 11.9. The lowest BCUT2D eigenvalue weighted by Gasteiger charge is -2.28. The second-order valence-electron chi connectivity index (χ2n) is 4.80. The molecule has 0 bridgehead atoms. The Morgan fingerprint density at radius 3 is 2.10 bits per heavy atom. The molecule has 2 aromatic carbocycles. The van der Waals surface area contributed by atoms with Crippen LogP contribution in [0.15, 0.2) is 60.7 Å². The van der Waals surface area contributed by atoms with Crippen LogP contribution in [0.1, 0.15) is 17.5 Å². The predicted octanol–water partition coefficient (Wildman–Crippen LogP) is 3.28. The van der Waals surface area contributed by atoms with Crippen LogP contribution >= 0.6 is 0 Å². The van der Waals surface area contributed by atoms with Crippen LogP contribution in [-0.2, 0) is 16.6 Å². The maximum Gasteiger partial charge on any atom is 0.315 e. The van der Waals surface area contributed by atoms with Gasteiger partial charge in [-0.05, 0) is 17.5 Å². The monoisotopic (exact) mass is 264 g/mol. The van der Waals surface area contributed by atoms with Crippen LogP contribution in [0, 0.1) is 12.3 Å². The Kier molecular flexibility index (Phi) is 4.22. The fourth-order valence-electron chi connectivity index (χ4n) is 2.42. The summed E-state index contributed by atoms with van der Waals surface area (Å²) in [5.74, 6) is 1.64. The fourth-order valence-corrected chi connectivity index (χ4v) is 2.42. The van der Waals surface area contributed by atoms with Crippen molar-refractivity contribution in [1.29, 1.82) is 0 Å². The topological polar surface area (TPSA) is 37.3 Å². The molecule has 20 heavy (non-hydrogen) atoms. The lowest BCUT2D eigenvalue weighted by Crippen LogP contribution is -2.37. The van der Waals surface area contributed by atoms with Crippen molar-refractivity contribution in [3.63, 3.8) is 0 Å². The minimum atomic E-state index is -1.07. The van der Waals surface area contributed by atoms with Crippen LogP contribution in [-0.4, -0.2) is 11.1 Å². The number of hydrogen-bond acceptors (Lipinski definition) is 1. The highest BCUT2D eigenvalue weighted by Crippen LogP contribution is 2.32. The highest BCUT2D eigenvalue weighted by Gasteiger charge is 2.39. The minimum Gasteiger partial charge on any atom is -0.481 e. The predicted molar refractivity (Wildman–Crippen MR) is 79.4 cm³/mol. The largest absolute Gasteiger partial charge is 0.481 e. The summed E-state index contributed by atoms with van der Waals surface area (Å²) in [4.78, 5) is 11.9. The SMILES string of the molecule is C#CC[C@@](Cc1ccccc1)(C(=O)O)c1ccccc1. The number of carbonyl (C=O) groups is 1. The van der Waals surface area contributed by atoms with Crippen molar-refractivity contribution < 1.29 is 9.90 Å². The molecular formula is C18H16O2. The second kappa shape index (κ2) is 6.08. The van der Waals surface area contributed by atoms with E-state index < -0.39 is 11.4 Å². The summed E-state index contributed by atoms with van der Waals surface area (Å²) in [6.07, 6.45) is 5.98. The molecule has 0 spiro atoms. The molecule has 2 rings (SSSR count). The molecule has 1 atom stereocenters. The number of carboxylic acids is 1. The Labute approximate surface area is 119 Å². The van der Waals surface area contributed by atoms with Gasteiger partial charge in [-0.3, -0.25) is 4.79 Å². The first kappa shape index (κ1) is 13.9. The molecule has 0 aliphatic heterocycles.